The summed E-state index contributed by atoms with van der Waals surface area (Å²) < 4.78 is 16.9. The standard InChI is InChI=1S/C22H25N3O5/c1-4-28-18-12-15(13-19(29-5-2)21(18)30-6-3)22(27)25-17-9-7-8-16(14-17)24-20(26)10-11-23/h7-9,12-14H,4-6,10H2,1-3H3,(H,24,26)(H,25,27). The van der Waals surface area contributed by atoms with Gasteiger partial charge in [0.15, 0.2) is 11.5 Å². The lowest BCUT2D eigenvalue weighted by atomic mass is 10.1. The van der Waals surface area contributed by atoms with Gasteiger partial charge in [-0.2, -0.15) is 5.26 Å². The molecular weight excluding hydrogens is 386 g/mol. The highest BCUT2D eigenvalue weighted by atomic mass is 16.5. The summed E-state index contributed by atoms with van der Waals surface area (Å²) in [5.74, 6) is 0.511. The van der Waals surface area contributed by atoms with Crippen molar-refractivity contribution in [1.29, 1.82) is 5.26 Å². The molecule has 0 aliphatic heterocycles. The number of nitrogens with zero attached hydrogens (tertiary/aromatic N) is 1. The SMILES string of the molecule is CCOc1cc(C(=O)Nc2cccc(NC(=O)CC#N)c2)cc(OCC)c1OCC. The number of benzene rings is 2. The molecule has 2 N–H and O–H groups in total. The first-order chi connectivity index (χ1) is 14.5. The molecule has 2 aromatic rings. The fraction of sp³-hybridized carbons (Fsp3) is 0.318. The Bertz CT molecular complexity index is 910. The summed E-state index contributed by atoms with van der Waals surface area (Å²) in [5.41, 5.74) is 1.30. The van der Waals surface area contributed by atoms with E-state index in [1.54, 1.807) is 42.5 Å². The van der Waals surface area contributed by atoms with Crippen LogP contribution < -0.4 is 24.8 Å². The molecule has 0 heterocycles. The van der Waals surface area contributed by atoms with Gasteiger partial charge < -0.3 is 24.8 Å². The summed E-state index contributed by atoms with van der Waals surface area (Å²) in [6.45, 7) is 6.77. The summed E-state index contributed by atoms with van der Waals surface area (Å²) in [5, 5.41) is 14.0. The van der Waals surface area contributed by atoms with E-state index in [1.807, 2.05) is 20.8 Å². The number of nitriles is 1. The molecule has 0 radical (unpaired) electrons. The van der Waals surface area contributed by atoms with Crippen molar-refractivity contribution in [3.05, 3.63) is 42.0 Å². The van der Waals surface area contributed by atoms with Gasteiger partial charge in [-0.3, -0.25) is 9.59 Å². The first-order valence-electron chi connectivity index (χ1n) is 9.66. The molecule has 30 heavy (non-hydrogen) atoms. The summed E-state index contributed by atoms with van der Waals surface area (Å²) in [6.07, 6.45) is -0.247. The van der Waals surface area contributed by atoms with E-state index in [-0.39, 0.29) is 12.3 Å². The van der Waals surface area contributed by atoms with Gasteiger partial charge in [-0.15, -0.1) is 0 Å². The fourth-order valence-electron chi connectivity index (χ4n) is 2.67. The van der Waals surface area contributed by atoms with E-state index in [4.69, 9.17) is 19.5 Å². The monoisotopic (exact) mass is 411 g/mol. The number of hydrogen-bond donors (Lipinski definition) is 2. The number of nitrogens with one attached hydrogen (secondary N) is 2. The van der Waals surface area contributed by atoms with Gasteiger partial charge in [0.1, 0.15) is 6.42 Å². The molecule has 8 nitrogen and oxygen atoms in total. The zero-order valence-electron chi connectivity index (χ0n) is 17.3. The largest absolute Gasteiger partial charge is 0.490 e. The van der Waals surface area contributed by atoms with Crippen molar-refractivity contribution in [3.8, 4) is 23.3 Å². The van der Waals surface area contributed by atoms with Gasteiger partial charge in [-0.1, -0.05) is 6.07 Å². The maximum atomic E-state index is 12.8. The molecule has 0 fully saturated rings. The predicted molar refractivity (Wildman–Crippen MR) is 113 cm³/mol. The molecule has 0 spiro atoms. The van der Waals surface area contributed by atoms with Crippen molar-refractivity contribution in [2.24, 2.45) is 0 Å². The third-order valence-corrected chi connectivity index (χ3v) is 3.82. The van der Waals surface area contributed by atoms with Crippen molar-refractivity contribution >= 4 is 23.2 Å². The zero-order valence-corrected chi connectivity index (χ0v) is 17.3. The Morgan fingerprint density at radius 3 is 2.00 bits per heavy atom. The molecule has 0 saturated carbocycles. The normalized spacial score (nSPS) is 9.93. The quantitative estimate of drug-likeness (QED) is 0.612. The summed E-state index contributed by atoms with van der Waals surface area (Å²) in [7, 11) is 0. The predicted octanol–water partition coefficient (Wildman–Crippen LogP) is 3.99. The number of rotatable bonds is 10. The van der Waals surface area contributed by atoms with Gasteiger partial charge in [0, 0.05) is 16.9 Å². The molecule has 0 aromatic heterocycles. The van der Waals surface area contributed by atoms with Crippen molar-refractivity contribution < 1.29 is 23.8 Å². The number of hydrogen-bond acceptors (Lipinski definition) is 6. The molecule has 0 bridgehead atoms. The minimum atomic E-state index is -0.421. The second-order valence-corrected chi connectivity index (χ2v) is 6.02. The molecule has 0 atom stereocenters. The Morgan fingerprint density at radius 2 is 1.47 bits per heavy atom. The van der Waals surface area contributed by atoms with Crippen LogP contribution in [0.4, 0.5) is 11.4 Å². The van der Waals surface area contributed by atoms with Gasteiger partial charge in [-0.25, -0.2) is 0 Å². The highest BCUT2D eigenvalue weighted by Gasteiger charge is 2.18. The lowest BCUT2D eigenvalue weighted by molar-refractivity contribution is -0.115. The smallest absolute Gasteiger partial charge is 0.255 e. The number of anilines is 2. The number of carbonyl (C=O) groups is 2. The van der Waals surface area contributed by atoms with E-state index in [1.165, 1.54) is 0 Å². The Morgan fingerprint density at radius 1 is 0.900 bits per heavy atom. The van der Waals surface area contributed by atoms with Crippen LogP contribution in [0.2, 0.25) is 0 Å². The van der Waals surface area contributed by atoms with Crippen LogP contribution in [0.1, 0.15) is 37.6 Å². The Hall–Kier alpha value is -3.73. The average molecular weight is 411 g/mol. The van der Waals surface area contributed by atoms with Crippen molar-refractivity contribution in [3.63, 3.8) is 0 Å². The lowest BCUT2D eigenvalue weighted by Gasteiger charge is -2.17. The van der Waals surface area contributed by atoms with Gasteiger partial charge in [-0.05, 0) is 51.1 Å². The van der Waals surface area contributed by atoms with Crippen LogP contribution in [0, 0.1) is 11.3 Å². The van der Waals surface area contributed by atoms with Gasteiger partial charge >= 0.3 is 0 Å². The number of carbonyl (C=O) groups excluding carboxylic acids is 2. The van der Waals surface area contributed by atoms with E-state index >= 15 is 0 Å². The van der Waals surface area contributed by atoms with Crippen LogP contribution in [0.25, 0.3) is 0 Å². The summed E-state index contributed by atoms with van der Waals surface area (Å²) >= 11 is 0. The first-order valence-corrected chi connectivity index (χ1v) is 9.66. The number of ether oxygens (including phenoxy) is 3. The van der Waals surface area contributed by atoms with E-state index < -0.39 is 5.91 Å². The third kappa shape index (κ3) is 6.14. The van der Waals surface area contributed by atoms with Crippen molar-refractivity contribution in [2.75, 3.05) is 30.5 Å². The molecule has 0 aliphatic carbocycles. The van der Waals surface area contributed by atoms with Crippen molar-refractivity contribution in [2.45, 2.75) is 27.2 Å². The minimum absolute atomic E-state index is 0.247. The molecular formula is C22H25N3O5. The molecule has 2 rings (SSSR count). The van der Waals surface area contributed by atoms with Crippen molar-refractivity contribution in [1.82, 2.24) is 0 Å². The van der Waals surface area contributed by atoms with Crippen LogP contribution in [-0.2, 0) is 4.79 Å². The van der Waals surface area contributed by atoms with E-state index in [0.29, 0.717) is 54.0 Å². The molecule has 0 aliphatic rings. The fourth-order valence-corrected chi connectivity index (χ4v) is 2.67. The van der Waals surface area contributed by atoms with Crippen LogP contribution >= 0.6 is 0 Å². The maximum absolute atomic E-state index is 12.8. The minimum Gasteiger partial charge on any atom is -0.490 e. The molecule has 158 valence electrons. The van der Waals surface area contributed by atoms with Crippen LogP contribution in [0.15, 0.2) is 36.4 Å². The average Bonchev–Trinajstić information content (AvgIpc) is 2.71. The Kier molecular flexibility index (Phi) is 8.51. The van der Waals surface area contributed by atoms with Gasteiger partial charge in [0.25, 0.3) is 5.91 Å². The summed E-state index contributed by atoms with van der Waals surface area (Å²) in [4.78, 5) is 24.4. The van der Waals surface area contributed by atoms with Crippen LogP contribution in [0.5, 0.6) is 17.2 Å². The lowest BCUT2D eigenvalue weighted by Crippen LogP contribution is -2.14. The highest BCUT2D eigenvalue weighted by Crippen LogP contribution is 2.39. The third-order valence-electron chi connectivity index (χ3n) is 3.82. The van der Waals surface area contributed by atoms with E-state index in [0.717, 1.165) is 0 Å². The second kappa shape index (κ2) is 11.3. The maximum Gasteiger partial charge on any atom is 0.255 e. The molecule has 0 saturated heterocycles. The highest BCUT2D eigenvalue weighted by molar-refractivity contribution is 6.05. The molecule has 2 amide bonds. The van der Waals surface area contributed by atoms with Crippen LogP contribution in [-0.4, -0.2) is 31.6 Å². The summed E-state index contributed by atoms with van der Waals surface area (Å²) in [6, 6.07) is 11.6. The van der Waals surface area contributed by atoms with E-state index in [9.17, 15) is 9.59 Å². The Balaban J connectivity index is 2.28. The number of amides is 2. The van der Waals surface area contributed by atoms with Gasteiger partial charge in [0.05, 0.1) is 25.9 Å². The Labute approximate surface area is 175 Å². The molecule has 8 heteroatoms. The topological polar surface area (TPSA) is 110 Å². The first kappa shape index (κ1) is 22.6. The van der Waals surface area contributed by atoms with E-state index in [2.05, 4.69) is 10.6 Å². The zero-order chi connectivity index (χ0) is 21.9. The molecule has 2 aromatic carbocycles. The van der Waals surface area contributed by atoms with Crippen LogP contribution in [0.3, 0.4) is 0 Å². The second-order valence-electron chi connectivity index (χ2n) is 6.02. The van der Waals surface area contributed by atoms with Gasteiger partial charge in [0.2, 0.25) is 11.7 Å². The molecule has 0 unspecified atom stereocenters.